The lowest BCUT2D eigenvalue weighted by Crippen LogP contribution is -2.18. The van der Waals surface area contributed by atoms with Crippen molar-refractivity contribution in [3.63, 3.8) is 0 Å². The van der Waals surface area contributed by atoms with Crippen molar-refractivity contribution in [2.24, 2.45) is 0 Å². The Hall–Kier alpha value is -2.87. The molecule has 1 N–H and O–H groups in total. The molecule has 0 saturated carbocycles. The summed E-state index contributed by atoms with van der Waals surface area (Å²) in [6, 6.07) is 10.5. The number of rotatable bonds is 3. The zero-order valence-corrected chi connectivity index (χ0v) is 15.5. The molecule has 1 aliphatic rings. The second-order valence-electron chi connectivity index (χ2n) is 6.66. The number of nitrogens with one attached hydrogen (secondary N) is 1. The number of hydrogen-bond acceptors (Lipinski definition) is 6. The van der Waals surface area contributed by atoms with Crippen LogP contribution < -0.4 is 5.32 Å². The Morgan fingerprint density at radius 1 is 1.15 bits per heavy atom. The summed E-state index contributed by atoms with van der Waals surface area (Å²) in [4.78, 5) is 6.16. The summed E-state index contributed by atoms with van der Waals surface area (Å²) < 4.78 is 14.9. The first-order valence-electron chi connectivity index (χ1n) is 8.88. The molecule has 136 valence electrons. The molecule has 27 heavy (non-hydrogen) atoms. The third-order valence-corrected chi connectivity index (χ3v) is 5.97. The van der Waals surface area contributed by atoms with Crippen molar-refractivity contribution in [2.45, 2.75) is 32.2 Å². The predicted octanol–water partition coefficient (Wildman–Crippen LogP) is 4.18. The van der Waals surface area contributed by atoms with Crippen molar-refractivity contribution in [1.82, 2.24) is 24.8 Å². The molecule has 0 bridgehead atoms. The topological polar surface area (TPSA) is 68.0 Å². The van der Waals surface area contributed by atoms with E-state index in [0.29, 0.717) is 0 Å². The van der Waals surface area contributed by atoms with Crippen LogP contribution in [-0.4, -0.2) is 24.8 Å². The fraction of sp³-hybridized carbons (Fsp3) is 0.263. The zero-order chi connectivity index (χ0) is 18.4. The van der Waals surface area contributed by atoms with Crippen LogP contribution in [0.1, 0.15) is 35.3 Å². The Kier molecular flexibility index (Phi) is 3.86. The molecule has 8 heteroatoms. The Balaban J connectivity index is 1.46. The highest BCUT2D eigenvalue weighted by Crippen LogP contribution is 2.38. The van der Waals surface area contributed by atoms with Gasteiger partial charge in [0, 0.05) is 10.4 Å². The minimum Gasteiger partial charge on any atom is -0.360 e. The maximum atomic E-state index is 13.2. The van der Waals surface area contributed by atoms with Crippen LogP contribution in [0, 0.1) is 12.7 Å². The fourth-order valence-electron chi connectivity index (χ4n) is 3.43. The highest BCUT2D eigenvalue weighted by atomic mass is 32.1. The van der Waals surface area contributed by atoms with Gasteiger partial charge in [-0.2, -0.15) is 4.52 Å². The van der Waals surface area contributed by atoms with Gasteiger partial charge in [0.05, 0.1) is 11.7 Å². The molecule has 0 radical (unpaired) electrons. The lowest BCUT2D eigenvalue weighted by molar-refractivity contribution is 0.591. The molecule has 0 fully saturated rings. The molecular weight excluding hydrogens is 363 g/mol. The van der Waals surface area contributed by atoms with Crippen LogP contribution in [0.2, 0.25) is 0 Å². The number of anilines is 1. The van der Waals surface area contributed by atoms with E-state index in [9.17, 15) is 4.39 Å². The third kappa shape index (κ3) is 2.95. The van der Waals surface area contributed by atoms with Crippen molar-refractivity contribution >= 4 is 22.8 Å². The number of aryl methyl sites for hydroxylation is 2. The molecule has 0 aliphatic heterocycles. The Labute approximate surface area is 159 Å². The molecule has 0 saturated heterocycles. The molecule has 0 amide bonds. The average molecular weight is 380 g/mol. The summed E-state index contributed by atoms with van der Waals surface area (Å²) >= 11 is 1.70. The van der Waals surface area contributed by atoms with E-state index in [2.05, 4.69) is 20.6 Å². The van der Waals surface area contributed by atoms with Gasteiger partial charge in [-0.15, -0.1) is 26.6 Å². The first kappa shape index (κ1) is 16.3. The maximum Gasteiger partial charge on any atom is 0.178 e. The summed E-state index contributed by atoms with van der Waals surface area (Å²) in [5.41, 5.74) is 2.76. The number of thiazole rings is 1. The predicted molar refractivity (Wildman–Crippen MR) is 102 cm³/mol. The van der Waals surface area contributed by atoms with Gasteiger partial charge in [0.2, 0.25) is 0 Å². The number of halogens is 1. The van der Waals surface area contributed by atoms with Gasteiger partial charge in [-0.25, -0.2) is 9.37 Å². The largest absolute Gasteiger partial charge is 0.360 e. The van der Waals surface area contributed by atoms with Gasteiger partial charge in [0.1, 0.15) is 16.6 Å². The van der Waals surface area contributed by atoms with E-state index in [4.69, 9.17) is 4.98 Å². The van der Waals surface area contributed by atoms with Crippen LogP contribution in [0.5, 0.6) is 0 Å². The lowest BCUT2D eigenvalue weighted by Gasteiger charge is -2.22. The SMILES string of the molecule is Cc1nnc2ccc(NC3CCCc4sc(-c5ccc(F)cc5)nc43)nn12. The number of benzene rings is 1. The van der Waals surface area contributed by atoms with Gasteiger partial charge in [0.15, 0.2) is 11.5 Å². The number of nitrogens with zero attached hydrogens (tertiary/aromatic N) is 5. The minimum atomic E-state index is -0.231. The zero-order valence-electron chi connectivity index (χ0n) is 14.7. The molecule has 1 unspecified atom stereocenters. The van der Waals surface area contributed by atoms with E-state index in [0.717, 1.165) is 52.8 Å². The van der Waals surface area contributed by atoms with Crippen molar-refractivity contribution < 1.29 is 4.39 Å². The van der Waals surface area contributed by atoms with Gasteiger partial charge in [-0.3, -0.25) is 0 Å². The molecule has 1 atom stereocenters. The van der Waals surface area contributed by atoms with E-state index < -0.39 is 0 Å². The number of fused-ring (bicyclic) bond motifs is 2. The van der Waals surface area contributed by atoms with E-state index >= 15 is 0 Å². The van der Waals surface area contributed by atoms with Crippen molar-refractivity contribution in [3.8, 4) is 10.6 Å². The summed E-state index contributed by atoms with van der Waals surface area (Å²) in [7, 11) is 0. The first-order valence-corrected chi connectivity index (χ1v) is 9.70. The first-order chi connectivity index (χ1) is 13.2. The average Bonchev–Trinajstić information content (AvgIpc) is 3.27. The van der Waals surface area contributed by atoms with Crippen LogP contribution in [0.15, 0.2) is 36.4 Å². The van der Waals surface area contributed by atoms with Gasteiger partial charge < -0.3 is 5.32 Å². The molecule has 0 spiro atoms. The van der Waals surface area contributed by atoms with Gasteiger partial charge >= 0.3 is 0 Å². The van der Waals surface area contributed by atoms with E-state index in [1.54, 1.807) is 28.0 Å². The van der Waals surface area contributed by atoms with Crippen molar-refractivity contribution in [3.05, 3.63) is 58.6 Å². The molecule has 6 nitrogen and oxygen atoms in total. The highest BCUT2D eigenvalue weighted by molar-refractivity contribution is 7.15. The Bertz CT molecular complexity index is 1120. The monoisotopic (exact) mass is 380 g/mol. The standard InChI is InChI=1S/C19H17FN6S/c1-11-23-24-17-10-9-16(25-26(11)17)21-14-3-2-4-15-18(14)22-19(27-15)12-5-7-13(20)8-6-12/h5-10,14H,2-4H2,1H3,(H,21,25). The van der Waals surface area contributed by atoms with Crippen LogP contribution in [-0.2, 0) is 6.42 Å². The normalized spacial score (nSPS) is 16.4. The van der Waals surface area contributed by atoms with Crippen molar-refractivity contribution in [2.75, 3.05) is 5.32 Å². The number of aromatic nitrogens is 5. The van der Waals surface area contributed by atoms with Gasteiger partial charge in [-0.1, -0.05) is 0 Å². The van der Waals surface area contributed by atoms with E-state index in [-0.39, 0.29) is 11.9 Å². The molecule has 4 aromatic rings. The van der Waals surface area contributed by atoms with E-state index in [1.807, 2.05) is 19.1 Å². The molecule has 5 rings (SSSR count). The lowest BCUT2D eigenvalue weighted by atomic mass is 9.97. The Morgan fingerprint density at radius 2 is 2.00 bits per heavy atom. The summed E-state index contributed by atoms with van der Waals surface area (Å²) in [5.74, 6) is 1.30. The summed E-state index contributed by atoms with van der Waals surface area (Å²) in [6.45, 7) is 1.88. The fourth-order valence-corrected chi connectivity index (χ4v) is 4.60. The summed E-state index contributed by atoms with van der Waals surface area (Å²) in [6.07, 6.45) is 3.13. The second-order valence-corrected chi connectivity index (χ2v) is 7.74. The molecule has 1 aliphatic carbocycles. The quantitative estimate of drug-likeness (QED) is 0.577. The van der Waals surface area contributed by atoms with Crippen molar-refractivity contribution in [1.29, 1.82) is 0 Å². The minimum absolute atomic E-state index is 0.112. The molecular formula is C19H17FN6S. The van der Waals surface area contributed by atoms with Crippen LogP contribution in [0.4, 0.5) is 10.2 Å². The molecule has 3 aromatic heterocycles. The Morgan fingerprint density at radius 3 is 2.85 bits per heavy atom. The second kappa shape index (κ2) is 6.38. The summed E-state index contributed by atoms with van der Waals surface area (Å²) in [5, 5.41) is 17.2. The number of hydrogen-bond donors (Lipinski definition) is 1. The van der Waals surface area contributed by atoms with Crippen LogP contribution in [0.25, 0.3) is 16.2 Å². The molecule has 3 heterocycles. The van der Waals surface area contributed by atoms with Gasteiger partial charge in [-0.05, 0) is 62.6 Å². The van der Waals surface area contributed by atoms with Gasteiger partial charge in [0.25, 0.3) is 0 Å². The van der Waals surface area contributed by atoms with E-state index in [1.165, 1.54) is 17.0 Å². The molecule has 1 aromatic carbocycles. The third-order valence-electron chi connectivity index (χ3n) is 4.79. The highest BCUT2D eigenvalue weighted by Gasteiger charge is 2.25. The maximum absolute atomic E-state index is 13.2. The smallest absolute Gasteiger partial charge is 0.178 e. The van der Waals surface area contributed by atoms with Crippen LogP contribution >= 0.6 is 11.3 Å². The van der Waals surface area contributed by atoms with Crippen LogP contribution in [0.3, 0.4) is 0 Å².